The van der Waals surface area contributed by atoms with Crippen molar-refractivity contribution < 1.29 is 14.3 Å². The highest BCUT2D eigenvalue weighted by Gasteiger charge is 2.00. The van der Waals surface area contributed by atoms with Crippen LogP contribution in [0, 0.1) is 0 Å². The summed E-state index contributed by atoms with van der Waals surface area (Å²) in [5, 5.41) is 0. The average molecular weight is 242 g/mol. The van der Waals surface area contributed by atoms with Crippen LogP contribution >= 0.6 is 0 Å². The predicted molar refractivity (Wildman–Crippen MR) is 69.3 cm³/mol. The molecule has 0 spiro atoms. The fourth-order valence-electron chi connectivity index (χ4n) is 1.54. The number of carbonyl (C=O) groups is 1. The van der Waals surface area contributed by atoms with Gasteiger partial charge in [0.15, 0.2) is 6.29 Å². The first-order chi connectivity index (χ1) is 8.90. The van der Waals surface area contributed by atoms with Crippen LogP contribution in [-0.2, 0) is 0 Å². The van der Waals surface area contributed by atoms with E-state index in [2.05, 4.69) is 0 Å². The van der Waals surface area contributed by atoms with Gasteiger partial charge < -0.3 is 9.47 Å². The van der Waals surface area contributed by atoms with Gasteiger partial charge in [0, 0.05) is 0 Å². The molecular formula is C15H14O3. The molecule has 0 aromatic heterocycles. The lowest BCUT2D eigenvalue weighted by atomic mass is 10.2. The molecule has 0 amide bonds. The van der Waals surface area contributed by atoms with E-state index in [1.807, 2.05) is 36.4 Å². The summed E-state index contributed by atoms with van der Waals surface area (Å²) in [5.74, 6) is 1.40. The summed E-state index contributed by atoms with van der Waals surface area (Å²) in [5.41, 5.74) is 0.553. The molecule has 0 saturated carbocycles. The molecule has 2 aromatic carbocycles. The van der Waals surface area contributed by atoms with E-state index in [9.17, 15) is 4.79 Å². The molecule has 0 unspecified atom stereocenters. The second-order valence-corrected chi connectivity index (χ2v) is 3.67. The van der Waals surface area contributed by atoms with Crippen LogP contribution in [0.3, 0.4) is 0 Å². The second-order valence-electron chi connectivity index (χ2n) is 3.67. The third kappa shape index (κ3) is 3.35. The zero-order chi connectivity index (χ0) is 12.6. The molecule has 2 rings (SSSR count). The van der Waals surface area contributed by atoms with Crippen LogP contribution in [0.1, 0.15) is 10.4 Å². The smallest absolute Gasteiger partial charge is 0.153 e. The van der Waals surface area contributed by atoms with Crippen LogP contribution in [0.4, 0.5) is 0 Å². The Morgan fingerprint density at radius 3 is 2.28 bits per heavy atom. The Bertz CT molecular complexity index is 494. The summed E-state index contributed by atoms with van der Waals surface area (Å²) in [7, 11) is 0. The fourth-order valence-corrected chi connectivity index (χ4v) is 1.54. The molecule has 0 aliphatic rings. The fraction of sp³-hybridized carbons (Fsp3) is 0.133. The van der Waals surface area contributed by atoms with Crippen LogP contribution in [0.5, 0.6) is 11.5 Å². The Hall–Kier alpha value is -2.29. The highest BCUT2D eigenvalue weighted by atomic mass is 16.5. The van der Waals surface area contributed by atoms with Gasteiger partial charge in [0.05, 0.1) is 5.56 Å². The molecule has 0 radical (unpaired) electrons. The van der Waals surface area contributed by atoms with Crippen molar-refractivity contribution in [3.63, 3.8) is 0 Å². The first-order valence-electron chi connectivity index (χ1n) is 5.75. The largest absolute Gasteiger partial charge is 0.490 e. The van der Waals surface area contributed by atoms with E-state index >= 15 is 0 Å². The Labute approximate surface area is 106 Å². The minimum Gasteiger partial charge on any atom is -0.490 e. The van der Waals surface area contributed by atoms with Gasteiger partial charge in [0.1, 0.15) is 24.7 Å². The van der Waals surface area contributed by atoms with E-state index in [4.69, 9.17) is 9.47 Å². The lowest BCUT2D eigenvalue weighted by molar-refractivity contribution is 0.111. The van der Waals surface area contributed by atoms with Gasteiger partial charge in [-0.3, -0.25) is 4.79 Å². The van der Waals surface area contributed by atoms with E-state index in [-0.39, 0.29) is 0 Å². The summed E-state index contributed by atoms with van der Waals surface area (Å²) in [6.07, 6.45) is 0.785. The van der Waals surface area contributed by atoms with Gasteiger partial charge in [-0.1, -0.05) is 30.3 Å². The number of aldehydes is 1. The van der Waals surface area contributed by atoms with Gasteiger partial charge >= 0.3 is 0 Å². The van der Waals surface area contributed by atoms with Crippen molar-refractivity contribution in [3.05, 3.63) is 60.2 Å². The van der Waals surface area contributed by atoms with Gasteiger partial charge in [0.25, 0.3) is 0 Å². The van der Waals surface area contributed by atoms with E-state index < -0.39 is 0 Å². The molecule has 0 aliphatic carbocycles. The minimum absolute atomic E-state index is 0.403. The van der Waals surface area contributed by atoms with Gasteiger partial charge in [-0.2, -0.15) is 0 Å². The first kappa shape index (κ1) is 12.2. The normalized spacial score (nSPS) is 9.78. The van der Waals surface area contributed by atoms with E-state index in [1.54, 1.807) is 18.2 Å². The summed E-state index contributed by atoms with van der Waals surface area (Å²) in [6.45, 7) is 0.844. The molecule has 0 heterocycles. The van der Waals surface area contributed by atoms with E-state index in [1.165, 1.54) is 0 Å². The Balaban J connectivity index is 1.80. The van der Waals surface area contributed by atoms with Crippen LogP contribution in [-0.4, -0.2) is 19.5 Å². The predicted octanol–water partition coefficient (Wildman–Crippen LogP) is 2.96. The maximum absolute atomic E-state index is 10.8. The maximum atomic E-state index is 10.8. The molecule has 2 aromatic rings. The third-order valence-electron chi connectivity index (χ3n) is 2.40. The lowest BCUT2D eigenvalue weighted by Crippen LogP contribution is -2.09. The number of hydrogen-bond donors (Lipinski definition) is 0. The molecule has 0 saturated heterocycles. The summed E-state index contributed by atoms with van der Waals surface area (Å²) < 4.78 is 11.0. The number of hydrogen-bond acceptors (Lipinski definition) is 3. The molecule has 0 fully saturated rings. The molecule has 0 atom stereocenters. The molecular weight excluding hydrogens is 228 g/mol. The quantitative estimate of drug-likeness (QED) is 0.577. The average Bonchev–Trinajstić information content (AvgIpc) is 2.45. The van der Waals surface area contributed by atoms with E-state index in [0.29, 0.717) is 24.5 Å². The van der Waals surface area contributed by atoms with Crippen LogP contribution in [0.2, 0.25) is 0 Å². The number of para-hydroxylation sites is 2. The Morgan fingerprint density at radius 2 is 1.50 bits per heavy atom. The molecule has 0 aliphatic heterocycles. The molecule has 92 valence electrons. The van der Waals surface area contributed by atoms with Crippen molar-refractivity contribution in [3.8, 4) is 11.5 Å². The third-order valence-corrected chi connectivity index (χ3v) is 2.40. The van der Waals surface area contributed by atoms with Crippen molar-refractivity contribution in [2.45, 2.75) is 0 Å². The zero-order valence-corrected chi connectivity index (χ0v) is 9.91. The Kier molecular flexibility index (Phi) is 4.36. The number of ether oxygens (including phenoxy) is 2. The highest BCUT2D eigenvalue weighted by molar-refractivity contribution is 5.79. The zero-order valence-electron chi connectivity index (χ0n) is 9.91. The topological polar surface area (TPSA) is 35.5 Å². The van der Waals surface area contributed by atoms with Gasteiger partial charge in [-0.15, -0.1) is 0 Å². The second kappa shape index (κ2) is 6.45. The molecule has 0 bridgehead atoms. The molecule has 0 N–H and O–H groups in total. The van der Waals surface area contributed by atoms with Crippen LogP contribution < -0.4 is 9.47 Å². The molecule has 18 heavy (non-hydrogen) atoms. The van der Waals surface area contributed by atoms with Crippen molar-refractivity contribution in [1.82, 2.24) is 0 Å². The van der Waals surface area contributed by atoms with Crippen molar-refractivity contribution in [1.29, 1.82) is 0 Å². The number of carbonyl (C=O) groups excluding carboxylic acids is 1. The molecule has 3 nitrogen and oxygen atoms in total. The summed E-state index contributed by atoms with van der Waals surface area (Å²) in [4.78, 5) is 10.8. The maximum Gasteiger partial charge on any atom is 0.153 e. The lowest BCUT2D eigenvalue weighted by Gasteiger charge is -2.09. The number of rotatable bonds is 6. The van der Waals surface area contributed by atoms with Gasteiger partial charge in [-0.05, 0) is 24.3 Å². The van der Waals surface area contributed by atoms with Crippen molar-refractivity contribution >= 4 is 6.29 Å². The monoisotopic (exact) mass is 242 g/mol. The van der Waals surface area contributed by atoms with Crippen LogP contribution in [0.25, 0.3) is 0 Å². The van der Waals surface area contributed by atoms with Crippen molar-refractivity contribution in [2.24, 2.45) is 0 Å². The highest BCUT2D eigenvalue weighted by Crippen LogP contribution is 2.15. The number of benzene rings is 2. The van der Waals surface area contributed by atoms with Gasteiger partial charge in [-0.25, -0.2) is 0 Å². The minimum atomic E-state index is 0.403. The summed E-state index contributed by atoms with van der Waals surface area (Å²) in [6, 6.07) is 16.7. The SMILES string of the molecule is O=Cc1ccccc1OCCOc1ccccc1. The standard InChI is InChI=1S/C15H14O3/c16-12-13-6-4-5-9-15(13)18-11-10-17-14-7-2-1-3-8-14/h1-9,12H,10-11H2. The first-order valence-corrected chi connectivity index (χ1v) is 5.75. The van der Waals surface area contributed by atoms with Crippen LogP contribution in [0.15, 0.2) is 54.6 Å². The Morgan fingerprint density at radius 1 is 0.833 bits per heavy atom. The molecule has 3 heteroatoms. The van der Waals surface area contributed by atoms with Gasteiger partial charge in [0.2, 0.25) is 0 Å². The summed E-state index contributed by atoms with van der Waals surface area (Å²) >= 11 is 0. The van der Waals surface area contributed by atoms with Crippen molar-refractivity contribution in [2.75, 3.05) is 13.2 Å². The van der Waals surface area contributed by atoms with E-state index in [0.717, 1.165) is 12.0 Å².